The molecule has 6 heteroatoms. The van der Waals surface area contributed by atoms with Crippen molar-refractivity contribution >= 4 is 11.6 Å². The average molecular weight is 336 g/mol. The lowest BCUT2D eigenvalue weighted by Gasteiger charge is -2.23. The summed E-state index contributed by atoms with van der Waals surface area (Å²) in [6.45, 7) is 3.48. The van der Waals surface area contributed by atoms with Crippen molar-refractivity contribution in [2.45, 2.75) is 13.8 Å². The van der Waals surface area contributed by atoms with E-state index < -0.39 is 11.6 Å². The molecule has 0 bridgehead atoms. The molecular formula is C20H8N4O2. The number of benzene rings is 2. The maximum absolute atomic E-state index is 13.1. The molecule has 0 saturated heterocycles. The Morgan fingerprint density at radius 3 is 1.58 bits per heavy atom. The first kappa shape index (κ1) is 16.6. The number of nitriles is 4. The fraction of sp³-hybridized carbons (Fsp3) is 0.100. The van der Waals surface area contributed by atoms with E-state index in [1.165, 1.54) is 6.07 Å². The number of hydrogen-bond donors (Lipinski definition) is 0. The van der Waals surface area contributed by atoms with Crippen molar-refractivity contribution in [1.29, 1.82) is 21.0 Å². The quantitative estimate of drug-likeness (QED) is 0.620. The third kappa shape index (κ3) is 1.88. The van der Waals surface area contributed by atoms with Crippen molar-refractivity contribution in [3.63, 3.8) is 0 Å². The molecule has 0 atom stereocenters. The van der Waals surface area contributed by atoms with Crippen molar-refractivity contribution in [1.82, 2.24) is 0 Å². The summed E-state index contributed by atoms with van der Waals surface area (Å²) in [7, 11) is 0. The normalized spacial score (nSPS) is 11.5. The van der Waals surface area contributed by atoms with Gasteiger partial charge in [-0.2, -0.15) is 21.0 Å². The summed E-state index contributed by atoms with van der Waals surface area (Å²) in [5.74, 6) is -1.20. The van der Waals surface area contributed by atoms with Gasteiger partial charge < -0.3 is 0 Å². The number of carbonyl (C=O) groups is 2. The molecule has 0 radical (unpaired) electrons. The Morgan fingerprint density at radius 1 is 0.654 bits per heavy atom. The monoisotopic (exact) mass is 336 g/mol. The second-order valence-electron chi connectivity index (χ2n) is 5.79. The smallest absolute Gasteiger partial charge is 0.196 e. The third-order valence-electron chi connectivity index (χ3n) is 4.61. The third-order valence-corrected chi connectivity index (χ3v) is 4.61. The van der Waals surface area contributed by atoms with Crippen LogP contribution in [0.15, 0.2) is 12.1 Å². The highest BCUT2D eigenvalue weighted by molar-refractivity contribution is 6.30. The summed E-state index contributed by atoms with van der Waals surface area (Å²) in [6, 6.07) is 10.1. The van der Waals surface area contributed by atoms with Crippen LogP contribution >= 0.6 is 0 Å². The highest BCUT2D eigenvalue weighted by Gasteiger charge is 2.38. The van der Waals surface area contributed by atoms with E-state index in [9.17, 15) is 30.6 Å². The molecule has 0 N–H and O–H groups in total. The van der Waals surface area contributed by atoms with Crippen LogP contribution in [0.4, 0.5) is 0 Å². The molecular weight excluding hydrogens is 328 g/mol. The van der Waals surface area contributed by atoms with E-state index in [0.29, 0.717) is 5.56 Å². The summed E-state index contributed by atoms with van der Waals surface area (Å²) >= 11 is 0. The Kier molecular flexibility index (Phi) is 3.62. The first-order chi connectivity index (χ1) is 12.4. The van der Waals surface area contributed by atoms with Crippen LogP contribution in [0.25, 0.3) is 0 Å². The van der Waals surface area contributed by atoms with Gasteiger partial charge in [-0.25, -0.2) is 0 Å². The van der Waals surface area contributed by atoms with Crippen LogP contribution in [0.5, 0.6) is 0 Å². The maximum Gasteiger partial charge on any atom is 0.196 e. The molecule has 2 aromatic rings. The number of carbonyl (C=O) groups excluding carboxylic acids is 2. The van der Waals surface area contributed by atoms with Gasteiger partial charge in [0.05, 0.1) is 33.4 Å². The van der Waals surface area contributed by atoms with Crippen LogP contribution in [0, 0.1) is 59.2 Å². The first-order valence-electron chi connectivity index (χ1n) is 7.46. The lowest BCUT2D eigenvalue weighted by atomic mass is 9.75. The molecule has 0 aliphatic heterocycles. The first-order valence-corrected chi connectivity index (χ1v) is 7.46. The highest BCUT2D eigenvalue weighted by atomic mass is 16.1. The van der Waals surface area contributed by atoms with E-state index >= 15 is 0 Å². The average Bonchev–Trinajstić information content (AvgIpc) is 2.65. The minimum absolute atomic E-state index is 0.125. The van der Waals surface area contributed by atoms with Crippen molar-refractivity contribution in [3.05, 3.63) is 67.8 Å². The zero-order valence-electron chi connectivity index (χ0n) is 13.8. The largest absolute Gasteiger partial charge is 0.289 e. The molecule has 0 heterocycles. The predicted octanol–water partition coefficient (Wildman–Crippen LogP) is 2.57. The van der Waals surface area contributed by atoms with Crippen LogP contribution in [-0.4, -0.2) is 11.6 Å². The molecule has 0 unspecified atom stereocenters. The minimum atomic E-state index is -0.605. The molecule has 0 aromatic heterocycles. The molecule has 120 valence electrons. The molecule has 1 aliphatic carbocycles. The lowest BCUT2D eigenvalue weighted by molar-refractivity contribution is 0.0978. The predicted molar refractivity (Wildman–Crippen MR) is 88.1 cm³/mol. The van der Waals surface area contributed by atoms with Gasteiger partial charge in [0.25, 0.3) is 0 Å². The van der Waals surface area contributed by atoms with Gasteiger partial charge in [-0.1, -0.05) is 12.1 Å². The van der Waals surface area contributed by atoms with E-state index in [0.717, 1.165) is 5.56 Å². The number of aryl methyl sites for hydroxylation is 1. The second kappa shape index (κ2) is 5.67. The topological polar surface area (TPSA) is 129 Å². The van der Waals surface area contributed by atoms with Gasteiger partial charge in [0.1, 0.15) is 24.3 Å². The number of fused-ring (bicyclic) bond motifs is 2. The minimum Gasteiger partial charge on any atom is -0.289 e. The number of nitrogens with zero attached hydrogens (tertiary/aromatic N) is 4. The van der Waals surface area contributed by atoms with Gasteiger partial charge in [-0.15, -0.1) is 0 Å². The van der Waals surface area contributed by atoms with E-state index in [4.69, 9.17) is 0 Å². The summed E-state index contributed by atoms with van der Waals surface area (Å²) in [5.41, 5.74) is -0.289. The van der Waals surface area contributed by atoms with Gasteiger partial charge in [0.2, 0.25) is 0 Å². The summed E-state index contributed by atoms with van der Waals surface area (Å²) in [6.07, 6.45) is 0. The SMILES string of the molecule is Cc1ccc2c(c1C)C(=O)c1c(C#N)c(C#N)c(C#N)c(C#N)c1C2=O. The van der Waals surface area contributed by atoms with Gasteiger partial charge in [-0.05, 0) is 25.0 Å². The Bertz CT molecular complexity index is 1230. The lowest BCUT2D eigenvalue weighted by Crippen LogP contribution is -2.26. The van der Waals surface area contributed by atoms with Crippen LogP contribution in [0.2, 0.25) is 0 Å². The highest BCUT2D eigenvalue weighted by Crippen LogP contribution is 2.37. The van der Waals surface area contributed by atoms with Crippen LogP contribution in [0.3, 0.4) is 0 Å². The van der Waals surface area contributed by atoms with E-state index in [1.807, 2.05) is 0 Å². The fourth-order valence-corrected chi connectivity index (χ4v) is 3.21. The second-order valence-corrected chi connectivity index (χ2v) is 5.79. The van der Waals surface area contributed by atoms with Crippen molar-refractivity contribution in [3.8, 4) is 24.3 Å². The Morgan fingerprint density at radius 2 is 1.12 bits per heavy atom. The van der Waals surface area contributed by atoms with E-state index in [1.54, 1.807) is 44.2 Å². The maximum atomic E-state index is 13.1. The van der Waals surface area contributed by atoms with Crippen molar-refractivity contribution in [2.24, 2.45) is 0 Å². The summed E-state index contributed by atoms with van der Waals surface area (Å²) < 4.78 is 0. The number of rotatable bonds is 0. The van der Waals surface area contributed by atoms with Crippen LogP contribution in [0.1, 0.15) is 65.2 Å². The molecule has 0 saturated carbocycles. The molecule has 26 heavy (non-hydrogen) atoms. The number of ketones is 2. The van der Waals surface area contributed by atoms with Crippen molar-refractivity contribution in [2.75, 3.05) is 0 Å². The van der Waals surface area contributed by atoms with Gasteiger partial charge in [0.15, 0.2) is 11.6 Å². The van der Waals surface area contributed by atoms with Gasteiger partial charge in [-0.3, -0.25) is 9.59 Å². The molecule has 1 aliphatic rings. The van der Waals surface area contributed by atoms with Crippen LogP contribution in [-0.2, 0) is 0 Å². The molecule has 0 fully saturated rings. The van der Waals surface area contributed by atoms with E-state index in [-0.39, 0.29) is 44.5 Å². The Hall–Kier alpha value is -4.26. The van der Waals surface area contributed by atoms with E-state index in [2.05, 4.69) is 0 Å². The number of hydrogen-bond acceptors (Lipinski definition) is 6. The molecule has 3 rings (SSSR count). The summed E-state index contributed by atoms with van der Waals surface area (Å²) in [4.78, 5) is 26.2. The molecule has 6 nitrogen and oxygen atoms in total. The zero-order chi connectivity index (χ0) is 19.2. The molecule has 2 aromatic carbocycles. The van der Waals surface area contributed by atoms with Gasteiger partial charge >= 0.3 is 0 Å². The Balaban J connectivity index is 2.61. The summed E-state index contributed by atoms with van der Waals surface area (Å²) in [5, 5.41) is 37.7. The van der Waals surface area contributed by atoms with Gasteiger partial charge in [0, 0.05) is 11.1 Å². The zero-order valence-corrected chi connectivity index (χ0v) is 13.8. The molecule has 0 amide bonds. The standard InChI is InChI=1S/C20H8N4O2/c1-9-3-4-11-16(10(9)2)20(26)18-15(8-24)13(6-22)12(5-21)14(7-23)17(18)19(11)25/h3-4H,1-2H3. The van der Waals surface area contributed by atoms with Crippen LogP contribution < -0.4 is 0 Å². The van der Waals surface area contributed by atoms with Crippen molar-refractivity contribution < 1.29 is 9.59 Å². The Labute approximate surface area is 148 Å². The fourth-order valence-electron chi connectivity index (χ4n) is 3.21. The molecule has 0 spiro atoms.